The Labute approximate surface area is 861 Å². The van der Waals surface area contributed by atoms with E-state index in [0.29, 0.717) is 127 Å². The number of aliphatic hydroxyl groups excluding tert-OH is 1. The summed E-state index contributed by atoms with van der Waals surface area (Å²) >= 11 is 5.59. The lowest BCUT2D eigenvalue weighted by atomic mass is 9.76. The van der Waals surface area contributed by atoms with Gasteiger partial charge in [0.05, 0.1) is 150 Å². The first kappa shape index (κ1) is 111. The van der Waals surface area contributed by atoms with Gasteiger partial charge in [0.2, 0.25) is 20.0 Å². The van der Waals surface area contributed by atoms with Gasteiger partial charge in [0.25, 0.3) is 10.1 Å². The van der Waals surface area contributed by atoms with Crippen LogP contribution in [0.5, 0.6) is 0 Å². The van der Waals surface area contributed by atoms with Gasteiger partial charge in [-0.3, -0.25) is 4.18 Å². The molecule has 20 rings (SSSR count). The van der Waals surface area contributed by atoms with Crippen molar-refractivity contribution in [2.75, 3.05) is 96.7 Å². The Balaban J connectivity index is 0.000000133. The minimum Gasteiger partial charge on any atom is -0.394 e. The smallest absolute Gasteiger partial charge is 0.394 e. The molecule has 0 aliphatic carbocycles. The second-order valence-electron chi connectivity index (χ2n) is 39.0. The molecule has 10 aromatic carbocycles. The summed E-state index contributed by atoms with van der Waals surface area (Å²) in [7, 11) is -8.82. The molecule has 22 nitrogen and oxygen atoms in total. The van der Waals surface area contributed by atoms with E-state index in [0.717, 1.165) is 102 Å². The van der Waals surface area contributed by atoms with Crippen LogP contribution >= 0.6 is 11.6 Å². The van der Waals surface area contributed by atoms with Gasteiger partial charge in [0.1, 0.15) is 0 Å². The molecule has 20 atom stereocenters. The molecule has 10 aliphatic heterocycles. The molecule has 149 heavy (non-hydrogen) atoms. The molecule has 0 radical (unpaired) electrons. The van der Waals surface area contributed by atoms with E-state index in [4.69, 9.17) is 45.2 Å². The highest BCUT2D eigenvalue weighted by atomic mass is 35.5. The van der Waals surface area contributed by atoms with Crippen LogP contribution in [-0.4, -0.2) is 131 Å². The zero-order valence-corrected chi connectivity index (χ0v) is 84.4. The first-order valence-corrected chi connectivity index (χ1v) is 55.3. The summed E-state index contributed by atoms with van der Waals surface area (Å²) in [5.41, 5.74) is 13.2. The van der Waals surface area contributed by atoms with Gasteiger partial charge in [-0.05, 0) is 209 Å². The van der Waals surface area contributed by atoms with E-state index in [-0.39, 0.29) is 122 Å². The summed E-state index contributed by atoms with van der Waals surface area (Å²) in [5.74, 6) is -0.0200. The van der Waals surface area contributed by atoms with E-state index in [1.165, 1.54) is 42.5 Å². The molecule has 804 valence electrons. The quantitative estimate of drug-likeness (QED) is 0.0123. The molecule has 0 bridgehead atoms. The number of sulfonamides is 2. The summed E-state index contributed by atoms with van der Waals surface area (Å²) in [6, 6.07) is 67.3. The molecule has 11 N–H and O–H groups in total. The number of rotatable bonds is 23. The summed E-state index contributed by atoms with van der Waals surface area (Å²) in [6.07, 6.45) is -17.9. The maximum atomic E-state index is 13.4. The average Bonchev–Trinajstić information content (AvgIpc) is 0.767. The fraction of sp³-hybridized carbons (Fsp3) is 0.444. The van der Waals surface area contributed by atoms with Gasteiger partial charge in [-0.1, -0.05) is 152 Å². The van der Waals surface area contributed by atoms with Crippen molar-refractivity contribution in [3.8, 4) is 0 Å². The average molecular weight is 2170 g/mol. The molecule has 10 aliphatic rings. The summed E-state index contributed by atoms with van der Waals surface area (Å²) in [4.78, 5) is 0. The SMILES string of the molecule is CNCCCS(=O)(=O)NC[C@H]1CC[C@@H]2[C@H](O1)c1cc(C(F)(F)F)ccc1N[C@H]2c1ccccc1.CS(=O)(=O)OC[C@H]1CC[C@@H]2[C@H](O1)c1cc(C(F)(F)F)ccc1N[C@H]2c1ccccc1.NC[C@H]1CC[C@@H]2[C@H](O1)c1cc(C(F)(F)F)ccc1N[C@H]2c1ccccc1.O=S(=O)(CCCCl)NC[C@H]1CC[C@@H]2[C@H](O1)c1cc(C(F)(F)F)ccc1N[C@H]2c1ccccc1.OC[C@H]1CC[C@@H]2[C@H](O1)c1cc(C(F)(F)F)ccc1N[C@H]2c1ccccc1. The zero-order valence-electron chi connectivity index (χ0n) is 81.2. The Bertz CT molecular complexity index is 6380. The summed E-state index contributed by atoms with van der Waals surface area (Å²) < 4.78 is 312. The van der Waals surface area contributed by atoms with Crippen molar-refractivity contribution in [2.45, 2.75) is 199 Å². The second-order valence-corrected chi connectivity index (χ2v) is 44.9. The van der Waals surface area contributed by atoms with Crippen LogP contribution in [-0.2, 0) is 88.9 Å². The van der Waals surface area contributed by atoms with Gasteiger partial charge in [-0.2, -0.15) is 74.3 Å². The van der Waals surface area contributed by atoms with Crippen molar-refractivity contribution >= 4 is 70.2 Å². The molecule has 0 unspecified atom stereocenters. The van der Waals surface area contributed by atoms with Crippen LogP contribution in [0, 0.1) is 29.6 Å². The first-order valence-electron chi connectivity index (χ1n) is 49.6. The Kier molecular flexibility index (Phi) is 35.6. The predicted octanol–water partition coefficient (Wildman–Crippen LogP) is 23.5. The Morgan fingerprint density at radius 3 is 0.839 bits per heavy atom. The lowest BCUT2D eigenvalue weighted by Gasteiger charge is -2.46. The molecule has 0 aromatic heterocycles. The van der Waals surface area contributed by atoms with Gasteiger partial charge in [-0.15, -0.1) is 11.6 Å². The van der Waals surface area contributed by atoms with Crippen LogP contribution in [0.3, 0.4) is 0 Å². The van der Waals surface area contributed by atoms with Crippen LogP contribution in [0.25, 0.3) is 0 Å². The van der Waals surface area contributed by atoms with Crippen LogP contribution in [0.1, 0.15) is 221 Å². The predicted molar refractivity (Wildman–Crippen MR) is 537 cm³/mol. The minimum atomic E-state index is -4.47. The number of halogens is 16. The van der Waals surface area contributed by atoms with Gasteiger partial charge in [0, 0.05) is 111 Å². The largest absolute Gasteiger partial charge is 0.416 e. The van der Waals surface area contributed by atoms with Crippen molar-refractivity contribution in [1.82, 2.24) is 14.8 Å². The van der Waals surface area contributed by atoms with Crippen LogP contribution in [0.4, 0.5) is 94.3 Å². The van der Waals surface area contributed by atoms with E-state index in [1.54, 1.807) is 7.05 Å². The summed E-state index contributed by atoms with van der Waals surface area (Å²) in [6.45, 7) is 0.868. The third kappa shape index (κ3) is 27.7. The Morgan fingerprint density at radius 1 is 0.349 bits per heavy atom. The van der Waals surface area contributed by atoms with Crippen molar-refractivity contribution in [3.63, 3.8) is 0 Å². The highest BCUT2D eigenvalue weighted by molar-refractivity contribution is 7.89. The van der Waals surface area contributed by atoms with Gasteiger partial charge >= 0.3 is 30.9 Å². The molecule has 0 saturated carbocycles. The van der Waals surface area contributed by atoms with E-state index in [1.807, 2.05) is 152 Å². The minimum absolute atomic E-state index is 0.00385. The number of ether oxygens (including phenoxy) is 5. The number of benzene rings is 10. The summed E-state index contributed by atoms with van der Waals surface area (Å²) in [5, 5.41) is 29.5. The number of hydrogen-bond acceptors (Lipinski definition) is 20. The van der Waals surface area contributed by atoms with Crippen molar-refractivity contribution in [3.05, 3.63) is 326 Å². The standard InChI is InChI=1S/C24H30F3N3O3S.C23H26ClF3N2O3S.C21H22F3NO4S.C20H21F3N2O.C20H20F3NO2/c1-28-12-5-13-34(31,32)29-15-18-9-10-19-22(16-6-3-2-4-7-16)30-21-11-8-17(24(25,26)27)14-20(21)23(19)33-18;24-11-4-12-33(30,31)28-14-17-8-9-18-21(15-5-2-1-3-6-15)29-20-10-7-16(23(25,26)27)13-19(20)22(18)32-17;1-30(26,27)28-12-15-8-9-16-19(13-5-3-2-4-6-13)25-18-10-7-14(21(22,23)24)11-17(18)20(16)29-15;21-20(22,23)13-6-9-17-16(10-13)19-15(8-7-14(11-24)26-19)18(25-17)12-4-2-1-3-5-12;21-20(22,23)13-6-9-17-16(10-13)19-15(8-7-14(11-25)26-19)18(24-17)12-4-2-1-3-5-12/h2-4,6-8,11,14,18-19,22-23,28-30H,5,9-10,12-13,15H2,1H3;1-3,5-7,10,13,17-18,21-22,28-29H,4,8-9,11-12,14H2;2-7,10-11,15-16,19-20,25H,8-9,12H2,1H3;1-6,9-10,14-15,18-19,25H,7-8,11,24H2;1-6,9-10,14-15,18-19,24-25H,7-8,11H2/t18-,19+,22+,23+;17-,18+,21+,22+;15-,16+,19+,20+;2*14-,15+,18+,19+/m11111/s1. The van der Waals surface area contributed by atoms with E-state index in [9.17, 15) is 96.2 Å². The lowest BCUT2D eigenvalue weighted by Crippen LogP contribution is -2.43. The molecule has 5 fully saturated rings. The zero-order chi connectivity index (χ0) is 106. The van der Waals surface area contributed by atoms with Gasteiger partial charge in [0.15, 0.2) is 0 Å². The first-order chi connectivity index (χ1) is 70.9. The molecular formula is C108H119ClF15N9O13S3. The number of fused-ring (bicyclic) bond motifs is 15. The number of alkyl halides is 16. The monoisotopic (exact) mass is 2170 g/mol. The Morgan fingerprint density at radius 2 is 0.591 bits per heavy atom. The number of hydrogen-bond donors (Lipinski definition) is 10. The molecule has 10 aromatic rings. The maximum Gasteiger partial charge on any atom is 0.416 e. The van der Waals surface area contributed by atoms with Crippen molar-refractivity contribution in [2.24, 2.45) is 35.3 Å². The third-order valence-corrected chi connectivity index (χ3v) is 32.7. The van der Waals surface area contributed by atoms with E-state index in [2.05, 4.69) is 41.3 Å². The van der Waals surface area contributed by atoms with Gasteiger partial charge < -0.3 is 66.4 Å². The Hall–Kier alpha value is -10.2. The molecule has 0 spiro atoms. The topological polar surface area (TPSA) is 300 Å². The highest BCUT2D eigenvalue weighted by Crippen LogP contribution is 2.59. The number of anilines is 5. The third-order valence-electron chi connectivity index (χ3n) is 29.0. The highest BCUT2D eigenvalue weighted by Gasteiger charge is 2.51. The molecule has 10 heterocycles. The maximum absolute atomic E-state index is 13.4. The van der Waals surface area contributed by atoms with Crippen molar-refractivity contribution in [1.29, 1.82) is 0 Å². The van der Waals surface area contributed by atoms with Crippen LogP contribution in [0.15, 0.2) is 243 Å². The number of aliphatic hydroxyl groups is 1. The number of nitrogens with one attached hydrogen (secondary N) is 8. The van der Waals surface area contributed by atoms with Crippen LogP contribution in [0.2, 0.25) is 0 Å². The van der Waals surface area contributed by atoms with Crippen LogP contribution < -0.4 is 47.1 Å². The molecular weight excluding hydrogens is 2050 g/mol. The fourth-order valence-corrected chi connectivity index (χ4v) is 24.7. The molecule has 5 saturated heterocycles. The lowest BCUT2D eigenvalue weighted by molar-refractivity contribution is -0.139. The second kappa shape index (κ2) is 47.6. The fourth-order valence-electron chi connectivity index (χ4n) is 21.8. The normalized spacial score (nSPS) is 26.3. The van der Waals surface area contributed by atoms with Crippen molar-refractivity contribution < 1.29 is 124 Å². The van der Waals surface area contributed by atoms with E-state index < -0.39 is 132 Å². The molecule has 41 heteroatoms. The number of nitrogens with two attached hydrogens (primary N) is 1. The van der Waals surface area contributed by atoms with Gasteiger partial charge in [-0.25, -0.2) is 26.3 Å². The van der Waals surface area contributed by atoms with E-state index >= 15 is 0 Å². The molecule has 0 amide bonds.